The summed E-state index contributed by atoms with van der Waals surface area (Å²) in [4.78, 5) is 26.1. The van der Waals surface area contributed by atoms with Gasteiger partial charge in [0.15, 0.2) is 5.54 Å². The van der Waals surface area contributed by atoms with E-state index in [0.717, 1.165) is 5.56 Å². The van der Waals surface area contributed by atoms with Crippen molar-refractivity contribution in [3.05, 3.63) is 71.0 Å². The fourth-order valence-electron chi connectivity index (χ4n) is 3.59. The molecule has 0 radical (unpaired) electrons. The summed E-state index contributed by atoms with van der Waals surface area (Å²) in [5.41, 5.74) is 0.341. The van der Waals surface area contributed by atoms with Gasteiger partial charge in [0.25, 0.3) is 0 Å². The molecule has 0 aromatic heterocycles. The van der Waals surface area contributed by atoms with E-state index < -0.39 is 23.4 Å². The van der Waals surface area contributed by atoms with Crippen LogP contribution in [-0.4, -0.2) is 28.6 Å². The Balaban J connectivity index is 1.89. The van der Waals surface area contributed by atoms with Crippen molar-refractivity contribution in [2.45, 2.75) is 31.9 Å². The lowest BCUT2D eigenvalue weighted by Crippen LogP contribution is -2.53. The Morgan fingerprint density at radius 1 is 1.23 bits per heavy atom. The zero-order chi connectivity index (χ0) is 18.7. The van der Waals surface area contributed by atoms with E-state index in [1.165, 1.54) is 23.1 Å². The maximum Gasteiger partial charge on any atom is 0.411 e. The van der Waals surface area contributed by atoms with Crippen molar-refractivity contribution in [2.24, 2.45) is 0 Å². The molecular formula is C20H20FNO4. The van der Waals surface area contributed by atoms with Crippen LogP contribution in [0, 0.1) is 5.82 Å². The molecule has 0 saturated carbocycles. The molecule has 0 fully saturated rings. The zero-order valence-corrected chi connectivity index (χ0v) is 14.4. The number of aliphatic carboxylic acids is 1. The number of carboxylic acids is 1. The van der Waals surface area contributed by atoms with Gasteiger partial charge in [0.05, 0.1) is 0 Å². The molecule has 26 heavy (non-hydrogen) atoms. The van der Waals surface area contributed by atoms with Gasteiger partial charge in [0.1, 0.15) is 12.4 Å². The molecule has 2 aromatic carbocycles. The number of hydrogen-bond acceptors (Lipinski definition) is 3. The summed E-state index contributed by atoms with van der Waals surface area (Å²) >= 11 is 0. The number of nitrogens with zero attached hydrogens (tertiary/aromatic N) is 1. The van der Waals surface area contributed by atoms with E-state index in [4.69, 9.17) is 4.74 Å². The van der Waals surface area contributed by atoms with Crippen LogP contribution in [-0.2, 0) is 28.1 Å². The van der Waals surface area contributed by atoms with Crippen molar-refractivity contribution in [3.63, 3.8) is 0 Å². The van der Waals surface area contributed by atoms with E-state index in [9.17, 15) is 19.1 Å². The number of carboxylic acid groups (broad SMARTS) is 1. The third-order valence-corrected chi connectivity index (χ3v) is 4.83. The van der Waals surface area contributed by atoms with Crippen LogP contribution in [0.5, 0.6) is 0 Å². The minimum Gasteiger partial charge on any atom is -0.479 e. The average Bonchev–Trinajstić information content (AvgIpc) is 3.01. The first-order chi connectivity index (χ1) is 12.5. The van der Waals surface area contributed by atoms with Gasteiger partial charge in [0.2, 0.25) is 0 Å². The number of fused-ring (bicyclic) bond motifs is 1. The highest BCUT2D eigenvalue weighted by Gasteiger charge is 2.52. The average molecular weight is 357 g/mol. The van der Waals surface area contributed by atoms with Gasteiger partial charge in [-0.2, -0.15) is 0 Å². The van der Waals surface area contributed by atoms with Crippen molar-refractivity contribution in [1.29, 1.82) is 0 Å². The molecule has 0 heterocycles. The number of carbonyl (C=O) groups is 2. The van der Waals surface area contributed by atoms with Crippen molar-refractivity contribution in [1.82, 2.24) is 4.90 Å². The second-order valence-corrected chi connectivity index (χ2v) is 6.25. The molecule has 1 atom stereocenters. The van der Waals surface area contributed by atoms with Gasteiger partial charge in [-0.3, -0.25) is 4.90 Å². The van der Waals surface area contributed by atoms with Gasteiger partial charge in [-0.05, 0) is 48.6 Å². The van der Waals surface area contributed by atoms with Crippen LogP contribution in [0.4, 0.5) is 9.18 Å². The second-order valence-electron chi connectivity index (χ2n) is 6.25. The molecule has 1 unspecified atom stereocenters. The third kappa shape index (κ3) is 3.03. The second kappa shape index (κ2) is 7.15. The molecule has 0 saturated heterocycles. The third-order valence-electron chi connectivity index (χ3n) is 4.83. The molecule has 1 aliphatic rings. The SMILES string of the molecule is CCN(C(=O)OCc1ccccc1)C1(C(=O)O)CCc2cc(F)ccc21. The number of rotatable bonds is 5. The summed E-state index contributed by atoms with van der Waals surface area (Å²) in [6.07, 6.45) is -0.118. The monoisotopic (exact) mass is 357 g/mol. The smallest absolute Gasteiger partial charge is 0.411 e. The topological polar surface area (TPSA) is 66.8 Å². The van der Waals surface area contributed by atoms with E-state index in [1.54, 1.807) is 6.92 Å². The lowest BCUT2D eigenvalue weighted by atomic mass is 9.90. The van der Waals surface area contributed by atoms with E-state index in [-0.39, 0.29) is 19.6 Å². The van der Waals surface area contributed by atoms with Crippen LogP contribution in [0.3, 0.4) is 0 Å². The molecule has 1 amide bonds. The highest BCUT2D eigenvalue weighted by molar-refractivity contribution is 5.87. The first-order valence-corrected chi connectivity index (χ1v) is 8.49. The van der Waals surface area contributed by atoms with Gasteiger partial charge in [-0.15, -0.1) is 0 Å². The lowest BCUT2D eigenvalue weighted by molar-refractivity contribution is -0.151. The van der Waals surface area contributed by atoms with Crippen molar-refractivity contribution < 1.29 is 23.8 Å². The molecular weight excluding hydrogens is 337 g/mol. The number of ether oxygens (including phenoxy) is 1. The normalized spacial score (nSPS) is 18.2. The first kappa shape index (κ1) is 17.9. The molecule has 1 N–H and O–H groups in total. The predicted octanol–water partition coefficient (Wildman–Crippen LogP) is 3.71. The Hall–Kier alpha value is -2.89. The number of benzene rings is 2. The van der Waals surface area contributed by atoms with E-state index in [2.05, 4.69) is 0 Å². The predicted molar refractivity (Wildman–Crippen MR) is 93.0 cm³/mol. The first-order valence-electron chi connectivity index (χ1n) is 8.49. The fourth-order valence-corrected chi connectivity index (χ4v) is 3.59. The number of amides is 1. The van der Waals surface area contributed by atoms with E-state index >= 15 is 0 Å². The summed E-state index contributed by atoms with van der Waals surface area (Å²) in [7, 11) is 0. The Morgan fingerprint density at radius 3 is 2.62 bits per heavy atom. The van der Waals surface area contributed by atoms with Crippen LogP contribution >= 0.6 is 0 Å². The van der Waals surface area contributed by atoms with Crippen LogP contribution in [0.25, 0.3) is 0 Å². The van der Waals surface area contributed by atoms with Crippen molar-refractivity contribution in [3.8, 4) is 0 Å². The minimum atomic E-state index is -1.54. The molecule has 0 spiro atoms. The van der Waals surface area contributed by atoms with Gasteiger partial charge in [-0.25, -0.2) is 14.0 Å². The number of hydrogen-bond donors (Lipinski definition) is 1. The summed E-state index contributed by atoms with van der Waals surface area (Å²) in [5.74, 6) is -1.55. The Morgan fingerprint density at radius 2 is 1.96 bits per heavy atom. The summed E-state index contributed by atoms with van der Waals surface area (Å²) in [5, 5.41) is 9.97. The summed E-state index contributed by atoms with van der Waals surface area (Å²) in [6.45, 7) is 1.93. The van der Waals surface area contributed by atoms with E-state index in [0.29, 0.717) is 17.5 Å². The molecule has 2 aromatic rings. The van der Waals surface area contributed by atoms with Gasteiger partial charge in [-0.1, -0.05) is 36.4 Å². The molecule has 136 valence electrons. The lowest BCUT2D eigenvalue weighted by Gasteiger charge is -2.37. The summed E-state index contributed by atoms with van der Waals surface area (Å²) < 4.78 is 18.9. The number of aryl methyl sites for hydroxylation is 1. The highest BCUT2D eigenvalue weighted by Crippen LogP contribution is 2.42. The van der Waals surface area contributed by atoms with Crippen LogP contribution in [0.15, 0.2) is 48.5 Å². The molecule has 5 nitrogen and oxygen atoms in total. The van der Waals surface area contributed by atoms with Gasteiger partial charge in [0, 0.05) is 6.54 Å². The molecule has 3 rings (SSSR count). The largest absolute Gasteiger partial charge is 0.479 e. The number of carbonyl (C=O) groups excluding carboxylic acids is 1. The molecule has 0 aliphatic heterocycles. The number of halogens is 1. The Bertz CT molecular complexity index is 824. The quantitative estimate of drug-likeness (QED) is 0.886. The Kier molecular flexibility index (Phi) is 4.93. The Labute approximate surface area is 151 Å². The molecule has 1 aliphatic carbocycles. The van der Waals surface area contributed by atoms with Crippen LogP contribution in [0.2, 0.25) is 0 Å². The fraction of sp³-hybridized carbons (Fsp3) is 0.300. The molecule has 0 bridgehead atoms. The van der Waals surface area contributed by atoms with Crippen LogP contribution in [0.1, 0.15) is 30.0 Å². The van der Waals surface area contributed by atoms with Crippen LogP contribution < -0.4 is 0 Å². The van der Waals surface area contributed by atoms with Gasteiger partial charge < -0.3 is 9.84 Å². The zero-order valence-electron chi connectivity index (χ0n) is 14.4. The maximum absolute atomic E-state index is 13.5. The standard InChI is InChI=1S/C20H20FNO4/c1-2-22(19(25)26-13-14-6-4-3-5-7-14)20(18(23)24)11-10-15-12-16(21)8-9-17(15)20/h3-9,12H,2,10-11,13H2,1H3,(H,23,24). The maximum atomic E-state index is 13.5. The molecule has 6 heteroatoms. The highest BCUT2D eigenvalue weighted by atomic mass is 19.1. The summed E-state index contributed by atoms with van der Waals surface area (Å²) in [6, 6.07) is 13.2. The van der Waals surface area contributed by atoms with E-state index in [1.807, 2.05) is 30.3 Å². The van der Waals surface area contributed by atoms with Crippen molar-refractivity contribution >= 4 is 12.1 Å². The number of likely N-dealkylation sites (N-methyl/N-ethyl adjacent to an activating group) is 1. The minimum absolute atomic E-state index is 0.0577. The van der Waals surface area contributed by atoms with Crippen molar-refractivity contribution in [2.75, 3.05) is 6.54 Å². The van der Waals surface area contributed by atoms with Gasteiger partial charge >= 0.3 is 12.1 Å².